The molecule has 0 aromatic heterocycles. The van der Waals surface area contributed by atoms with Crippen molar-refractivity contribution in [2.75, 3.05) is 25.1 Å². The molecule has 4 aromatic carbocycles. The molecule has 4 rings (SSSR count). The summed E-state index contributed by atoms with van der Waals surface area (Å²) in [6, 6.07) is 27.0. The van der Waals surface area contributed by atoms with Crippen molar-refractivity contribution in [3.05, 3.63) is 113 Å². The highest BCUT2D eigenvalue weighted by atomic mass is 35.5. The van der Waals surface area contributed by atoms with Crippen LogP contribution in [0.4, 0.5) is 5.69 Å². The Morgan fingerprint density at radius 1 is 0.902 bits per heavy atom. The molecule has 11 heteroatoms. The first kappa shape index (κ1) is 29.4. The van der Waals surface area contributed by atoms with Crippen molar-refractivity contribution in [2.24, 2.45) is 5.10 Å². The topological polar surface area (TPSA) is 107 Å². The van der Waals surface area contributed by atoms with Crippen LogP contribution in [-0.2, 0) is 21.4 Å². The van der Waals surface area contributed by atoms with E-state index in [9.17, 15) is 13.2 Å². The van der Waals surface area contributed by atoms with Crippen LogP contribution >= 0.6 is 11.6 Å². The predicted octanol–water partition coefficient (Wildman–Crippen LogP) is 5.28. The summed E-state index contributed by atoms with van der Waals surface area (Å²) in [5.74, 6) is 0.621. The molecule has 0 spiro atoms. The number of anilines is 1. The van der Waals surface area contributed by atoms with Gasteiger partial charge in [-0.25, -0.2) is 13.8 Å². The van der Waals surface area contributed by atoms with Crippen molar-refractivity contribution in [3.8, 4) is 17.2 Å². The second kappa shape index (κ2) is 13.7. The number of carbonyl (C=O) groups is 1. The summed E-state index contributed by atoms with van der Waals surface area (Å²) in [5.41, 5.74) is 4.10. The van der Waals surface area contributed by atoms with E-state index in [1.54, 1.807) is 60.7 Å². The Hall–Kier alpha value is -4.54. The summed E-state index contributed by atoms with van der Waals surface area (Å²) in [6.07, 6.45) is 1.44. The molecule has 0 aliphatic rings. The normalized spacial score (nSPS) is 11.2. The standard InChI is InChI=1S/C30H28ClN3O6S/c1-38-25-16-17-29(39-2)28(18-25)34(41(36,37)26-9-4-3-5-10-26)20-30(35)33-32-19-22-12-14-24(15-13-22)40-21-23-8-6-7-11-27(23)31/h3-19H,20-21H2,1-2H3,(H,33,35)/b32-19-. The van der Waals surface area contributed by atoms with E-state index in [2.05, 4.69) is 10.5 Å². The van der Waals surface area contributed by atoms with Crippen LogP contribution in [-0.4, -0.2) is 41.3 Å². The Balaban J connectivity index is 1.46. The van der Waals surface area contributed by atoms with Gasteiger partial charge >= 0.3 is 0 Å². The minimum Gasteiger partial charge on any atom is -0.497 e. The first-order valence-electron chi connectivity index (χ1n) is 12.4. The minimum absolute atomic E-state index is 0.0121. The summed E-state index contributed by atoms with van der Waals surface area (Å²) >= 11 is 6.17. The van der Waals surface area contributed by atoms with Crippen molar-refractivity contribution in [3.63, 3.8) is 0 Å². The van der Waals surface area contributed by atoms with Crippen molar-refractivity contribution < 1.29 is 27.4 Å². The van der Waals surface area contributed by atoms with Gasteiger partial charge in [-0.1, -0.05) is 48.0 Å². The lowest BCUT2D eigenvalue weighted by Crippen LogP contribution is -2.39. The van der Waals surface area contributed by atoms with Crippen LogP contribution in [0.2, 0.25) is 5.02 Å². The summed E-state index contributed by atoms with van der Waals surface area (Å²) in [4.78, 5) is 12.9. The van der Waals surface area contributed by atoms with Crippen molar-refractivity contribution >= 4 is 39.4 Å². The fraction of sp³-hybridized carbons (Fsp3) is 0.133. The average molecular weight is 594 g/mol. The molecule has 0 aliphatic heterocycles. The molecule has 1 amide bonds. The highest BCUT2D eigenvalue weighted by molar-refractivity contribution is 7.92. The number of methoxy groups -OCH3 is 2. The molecule has 1 N–H and O–H groups in total. The number of hydrogen-bond acceptors (Lipinski definition) is 7. The van der Waals surface area contributed by atoms with Gasteiger partial charge in [-0.15, -0.1) is 0 Å². The van der Waals surface area contributed by atoms with Gasteiger partial charge in [0.1, 0.15) is 30.4 Å². The highest BCUT2D eigenvalue weighted by Crippen LogP contribution is 2.35. The first-order valence-corrected chi connectivity index (χ1v) is 14.2. The van der Waals surface area contributed by atoms with Gasteiger partial charge < -0.3 is 14.2 Å². The zero-order valence-electron chi connectivity index (χ0n) is 22.4. The summed E-state index contributed by atoms with van der Waals surface area (Å²) in [5, 5.41) is 4.63. The summed E-state index contributed by atoms with van der Waals surface area (Å²) in [7, 11) is -1.28. The van der Waals surface area contributed by atoms with E-state index >= 15 is 0 Å². The maximum absolute atomic E-state index is 13.6. The van der Waals surface area contributed by atoms with E-state index < -0.39 is 22.5 Å². The SMILES string of the molecule is COc1ccc(OC)c(N(CC(=O)N/N=C\c2ccc(OCc3ccccc3Cl)cc2)S(=O)(=O)c2ccccc2)c1. The number of nitrogens with zero attached hydrogens (tertiary/aromatic N) is 2. The maximum Gasteiger partial charge on any atom is 0.264 e. The van der Waals surface area contributed by atoms with Crippen molar-refractivity contribution in [1.82, 2.24) is 5.43 Å². The number of hydrogen-bond donors (Lipinski definition) is 1. The highest BCUT2D eigenvalue weighted by Gasteiger charge is 2.29. The fourth-order valence-corrected chi connectivity index (χ4v) is 5.42. The van der Waals surface area contributed by atoms with Crippen LogP contribution in [0.25, 0.3) is 0 Å². The Kier molecular flexibility index (Phi) is 9.83. The van der Waals surface area contributed by atoms with E-state index in [1.165, 1.54) is 38.6 Å². The number of sulfonamides is 1. The third kappa shape index (κ3) is 7.56. The minimum atomic E-state index is -4.15. The van der Waals surface area contributed by atoms with Gasteiger partial charge in [0.15, 0.2) is 0 Å². The lowest BCUT2D eigenvalue weighted by molar-refractivity contribution is -0.119. The zero-order chi connectivity index (χ0) is 29.2. The molecule has 0 aliphatic carbocycles. The molecular formula is C30H28ClN3O6S. The smallest absolute Gasteiger partial charge is 0.264 e. The fourth-order valence-electron chi connectivity index (χ4n) is 3.78. The number of carbonyl (C=O) groups excluding carboxylic acids is 1. The van der Waals surface area contributed by atoms with Crippen LogP contribution in [0, 0.1) is 0 Å². The van der Waals surface area contributed by atoms with Crippen LogP contribution in [0.1, 0.15) is 11.1 Å². The lowest BCUT2D eigenvalue weighted by Gasteiger charge is -2.25. The Morgan fingerprint density at radius 2 is 1.59 bits per heavy atom. The van der Waals surface area contributed by atoms with E-state index in [0.29, 0.717) is 28.7 Å². The largest absolute Gasteiger partial charge is 0.497 e. The van der Waals surface area contributed by atoms with Crippen LogP contribution in [0.5, 0.6) is 17.2 Å². The molecule has 0 fully saturated rings. The maximum atomic E-state index is 13.6. The molecule has 0 saturated carbocycles. The Bertz CT molecular complexity index is 1610. The van der Waals surface area contributed by atoms with Gasteiger partial charge in [0.2, 0.25) is 0 Å². The molecule has 0 bridgehead atoms. The number of hydrazone groups is 1. The van der Waals surface area contributed by atoms with Crippen LogP contribution in [0.15, 0.2) is 107 Å². The second-order valence-electron chi connectivity index (χ2n) is 8.60. The molecule has 41 heavy (non-hydrogen) atoms. The summed E-state index contributed by atoms with van der Waals surface area (Å²) < 4.78 is 44.6. The van der Waals surface area contributed by atoms with Crippen LogP contribution in [0.3, 0.4) is 0 Å². The molecule has 0 saturated heterocycles. The van der Waals surface area contributed by atoms with E-state index in [0.717, 1.165) is 9.87 Å². The third-order valence-corrected chi connectivity index (χ3v) is 8.05. The molecule has 212 valence electrons. The van der Waals surface area contributed by atoms with E-state index in [1.807, 2.05) is 18.2 Å². The molecule has 0 unspecified atom stereocenters. The number of ether oxygens (including phenoxy) is 3. The van der Waals surface area contributed by atoms with Crippen molar-refractivity contribution in [1.29, 1.82) is 0 Å². The Morgan fingerprint density at radius 3 is 2.27 bits per heavy atom. The predicted molar refractivity (Wildman–Crippen MR) is 158 cm³/mol. The lowest BCUT2D eigenvalue weighted by atomic mass is 10.2. The second-order valence-corrected chi connectivity index (χ2v) is 10.9. The van der Waals surface area contributed by atoms with Gasteiger partial charge in [0.25, 0.3) is 15.9 Å². The monoisotopic (exact) mass is 593 g/mol. The number of benzene rings is 4. The average Bonchev–Trinajstić information content (AvgIpc) is 3.00. The summed E-state index contributed by atoms with van der Waals surface area (Å²) in [6.45, 7) is -0.240. The molecule has 0 heterocycles. The first-order chi connectivity index (χ1) is 19.8. The van der Waals surface area contributed by atoms with E-state index in [-0.39, 0.29) is 16.3 Å². The number of amides is 1. The van der Waals surface area contributed by atoms with Gasteiger partial charge in [-0.3, -0.25) is 9.10 Å². The van der Waals surface area contributed by atoms with Crippen molar-refractivity contribution in [2.45, 2.75) is 11.5 Å². The van der Waals surface area contributed by atoms with Gasteiger partial charge in [0.05, 0.1) is 31.0 Å². The van der Waals surface area contributed by atoms with Gasteiger partial charge in [-0.2, -0.15) is 5.10 Å². The molecular weight excluding hydrogens is 566 g/mol. The molecule has 0 atom stereocenters. The zero-order valence-corrected chi connectivity index (χ0v) is 23.9. The number of halogens is 1. The van der Waals surface area contributed by atoms with E-state index in [4.69, 9.17) is 25.8 Å². The molecule has 0 radical (unpaired) electrons. The van der Waals surface area contributed by atoms with Crippen LogP contribution < -0.4 is 23.9 Å². The Labute approximate surface area is 244 Å². The molecule has 4 aromatic rings. The quantitative estimate of drug-likeness (QED) is 0.177. The molecule has 9 nitrogen and oxygen atoms in total. The van der Waals surface area contributed by atoms with Gasteiger partial charge in [-0.05, 0) is 60.2 Å². The number of nitrogens with one attached hydrogen (secondary N) is 1. The number of rotatable bonds is 12. The van der Waals surface area contributed by atoms with Gasteiger partial charge in [0, 0.05) is 16.7 Å². The third-order valence-electron chi connectivity index (χ3n) is 5.91.